The highest BCUT2D eigenvalue weighted by Crippen LogP contribution is 2.25. The number of aromatic nitrogens is 2. The van der Waals surface area contributed by atoms with E-state index in [1.54, 1.807) is 36.7 Å². The van der Waals surface area contributed by atoms with Gasteiger partial charge in [0.15, 0.2) is 0 Å². The smallest absolute Gasteiger partial charge is 0.241 e. The molecule has 1 N–H and O–H groups in total. The number of benzene rings is 1. The average molecular weight is 380 g/mol. The standard InChI is InChI=1S/C17H19Cl2N5O/c1-12(16(25)22-15-11-13(18)3-4-14(15)19)23-7-9-24(10-8-23)17-20-5-2-6-21-17/h2-6,11-12H,7-10H2,1H3,(H,22,25)/t12-/m0/s1. The Kier molecular flexibility index (Phi) is 5.73. The summed E-state index contributed by atoms with van der Waals surface area (Å²) in [6, 6.07) is 6.54. The van der Waals surface area contributed by atoms with Crippen LogP contribution in [0.15, 0.2) is 36.7 Å². The van der Waals surface area contributed by atoms with Crippen LogP contribution >= 0.6 is 23.2 Å². The maximum Gasteiger partial charge on any atom is 0.241 e. The molecule has 132 valence electrons. The van der Waals surface area contributed by atoms with Crippen molar-refractivity contribution in [3.05, 3.63) is 46.7 Å². The van der Waals surface area contributed by atoms with E-state index in [9.17, 15) is 4.79 Å². The largest absolute Gasteiger partial charge is 0.338 e. The summed E-state index contributed by atoms with van der Waals surface area (Å²) >= 11 is 12.1. The Bertz CT molecular complexity index is 735. The van der Waals surface area contributed by atoms with Crippen molar-refractivity contribution >= 4 is 40.7 Å². The van der Waals surface area contributed by atoms with Gasteiger partial charge in [-0.3, -0.25) is 9.69 Å². The SMILES string of the molecule is C[C@@H](C(=O)Nc1cc(Cl)ccc1Cl)N1CCN(c2ncccn2)CC1. The van der Waals surface area contributed by atoms with E-state index in [2.05, 4.69) is 25.1 Å². The van der Waals surface area contributed by atoms with Gasteiger partial charge >= 0.3 is 0 Å². The molecule has 8 heteroatoms. The van der Waals surface area contributed by atoms with Crippen molar-refractivity contribution in [1.82, 2.24) is 14.9 Å². The Balaban J connectivity index is 1.57. The van der Waals surface area contributed by atoms with Gasteiger partial charge in [-0.1, -0.05) is 23.2 Å². The number of nitrogens with one attached hydrogen (secondary N) is 1. The molecule has 25 heavy (non-hydrogen) atoms. The highest BCUT2D eigenvalue weighted by molar-refractivity contribution is 6.35. The molecular formula is C17H19Cl2N5O. The number of hydrogen-bond donors (Lipinski definition) is 1. The van der Waals surface area contributed by atoms with Crippen LogP contribution in [0.3, 0.4) is 0 Å². The van der Waals surface area contributed by atoms with E-state index in [0.29, 0.717) is 15.7 Å². The minimum atomic E-state index is -0.270. The van der Waals surface area contributed by atoms with E-state index in [4.69, 9.17) is 23.2 Å². The monoisotopic (exact) mass is 379 g/mol. The summed E-state index contributed by atoms with van der Waals surface area (Å²) in [5.74, 6) is 0.624. The van der Waals surface area contributed by atoms with Gasteiger partial charge in [-0.15, -0.1) is 0 Å². The molecule has 0 unspecified atom stereocenters. The second kappa shape index (κ2) is 7.99. The maximum atomic E-state index is 12.5. The number of nitrogens with zero attached hydrogens (tertiary/aromatic N) is 4. The molecule has 1 amide bonds. The van der Waals surface area contributed by atoms with Gasteiger partial charge in [0.25, 0.3) is 0 Å². The van der Waals surface area contributed by atoms with Crippen LogP contribution in [0.2, 0.25) is 10.0 Å². The van der Waals surface area contributed by atoms with Crippen LogP contribution in [0, 0.1) is 0 Å². The number of halogens is 2. The van der Waals surface area contributed by atoms with E-state index in [1.165, 1.54) is 0 Å². The van der Waals surface area contributed by atoms with Crippen LogP contribution < -0.4 is 10.2 Å². The van der Waals surface area contributed by atoms with Gasteiger partial charge in [-0.05, 0) is 31.2 Å². The number of piperazine rings is 1. The van der Waals surface area contributed by atoms with Crippen molar-refractivity contribution in [2.75, 3.05) is 36.4 Å². The van der Waals surface area contributed by atoms with Gasteiger partial charge < -0.3 is 10.2 Å². The summed E-state index contributed by atoms with van der Waals surface area (Å²) in [5.41, 5.74) is 0.530. The normalized spacial score (nSPS) is 16.5. The molecule has 2 heterocycles. The second-order valence-electron chi connectivity index (χ2n) is 5.86. The third kappa shape index (κ3) is 4.39. The Labute approximate surface area is 156 Å². The molecule has 1 fully saturated rings. The third-order valence-electron chi connectivity index (χ3n) is 4.26. The summed E-state index contributed by atoms with van der Waals surface area (Å²) in [5, 5.41) is 3.86. The lowest BCUT2D eigenvalue weighted by Crippen LogP contribution is -2.53. The van der Waals surface area contributed by atoms with Gasteiger partial charge in [0.2, 0.25) is 11.9 Å². The van der Waals surface area contributed by atoms with Crippen LogP contribution in [-0.4, -0.2) is 53.0 Å². The molecule has 3 rings (SSSR count). The summed E-state index contributed by atoms with van der Waals surface area (Å²) in [6.07, 6.45) is 3.47. The van der Waals surface area contributed by atoms with Crippen LogP contribution in [0.1, 0.15) is 6.92 Å². The molecule has 1 aromatic carbocycles. The first-order valence-corrected chi connectivity index (χ1v) is 8.82. The molecule has 2 aromatic rings. The van der Waals surface area contributed by atoms with Gasteiger partial charge in [-0.2, -0.15) is 0 Å². The molecule has 0 aliphatic carbocycles. The van der Waals surface area contributed by atoms with E-state index >= 15 is 0 Å². The molecule has 1 aliphatic heterocycles. The second-order valence-corrected chi connectivity index (χ2v) is 6.70. The van der Waals surface area contributed by atoms with Crippen molar-refractivity contribution in [3.63, 3.8) is 0 Å². The minimum Gasteiger partial charge on any atom is -0.338 e. The van der Waals surface area contributed by atoms with Crippen LogP contribution in [0.4, 0.5) is 11.6 Å². The number of anilines is 2. The number of carbonyl (C=O) groups excluding carboxylic acids is 1. The number of carbonyl (C=O) groups is 1. The molecule has 0 bridgehead atoms. The van der Waals surface area contributed by atoms with Crippen LogP contribution in [-0.2, 0) is 4.79 Å². The third-order valence-corrected chi connectivity index (χ3v) is 4.83. The van der Waals surface area contributed by atoms with E-state index in [1.807, 2.05) is 6.92 Å². The van der Waals surface area contributed by atoms with Crippen molar-refractivity contribution in [2.45, 2.75) is 13.0 Å². The molecule has 6 nitrogen and oxygen atoms in total. The lowest BCUT2D eigenvalue weighted by molar-refractivity contribution is -0.120. The van der Waals surface area contributed by atoms with Gasteiger partial charge in [0, 0.05) is 43.6 Å². The summed E-state index contributed by atoms with van der Waals surface area (Å²) in [7, 11) is 0. The van der Waals surface area contributed by atoms with Gasteiger partial charge in [-0.25, -0.2) is 9.97 Å². The number of rotatable bonds is 4. The molecule has 0 spiro atoms. The zero-order chi connectivity index (χ0) is 17.8. The fourth-order valence-corrected chi connectivity index (χ4v) is 3.10. The molecule has 1 aliphatic rings. The minimum absolute atomic E-state index is 0.103. The zero-order valence-electron chi connectivity index (χ0n) is 13.8. The highest BCUT2D eigenvalue weighted by atomic mass is 35.5. The Hall–Kier alpha value is -1.89. The van der Waals surface area contributed by atoms with Gasteiger partial charge in [0.05, 0.1) is 16.8 Å². The first kappa shape index (κ1) is 17.9. The zero-order valence-corrected chi connectivity index (χ0v) is 15.3. The molecule has 0 saturated carbocycles. The molecule has 1 aromatic heterocycles. The highest BCUT2D eigenvalue weighted by Gasteiger charge is 2.26. The van der Waals surface area contributed by atoms with Gasteiger partial charge in [0.1, 0.15) is 0 Å². The van der Waals surface area contributed by atoms with Crippen molar-refractivity contribution in [2.24, 2.45) is 0 Å². The Morgan fingerprint density at radius 2 is 1.84 bits per heavy atom. The summed E-state index contributed by atoms with van der Waals surface area (Å²) in [6.45, 7) is 4.97. The Morgan fingerprint density at radius 1 is 1.16 bits per heavy atom. The quantitative estimate of drug-likeness (QED) is 0.884. The summed E-state index contributed by atoms with van der Waals surface area (Å²) in [4.78, 5) is 25.3. The lowest BCUT2D eigenvalue weighted by Gasteiger charge is -2.37. The first-order valence-electron chi connectivity index (χ1n) is 8.06. The molecule has 1 atom stereocenters. The lowest BCUT2D eigenvalue weighted by atomic mass is 10.2. The predicted molar refractivity (Wildman–Crippen MR) is 100 cm³/mol. The number of hydrogen-bond acceptors (Lipinski definition) is 5. The number of amides is 1. The van der Waals surface area contributed by atoms with Crippen molar-refractivity contribution in [3.8, 4) is 0 Å². The first-order chi connectivity index (χ1) is 12.0. The van der Waals surface area contributed by atoms with E-state index in [-0.39, 0.29) is 11.9 Å². The fraction of sp³-hybridized carbons (Fsp3) is 0.353. The van der Waals surface area contributed by atoms with E-state index in [0.717, 1.165) is 32.1 Å². The molecule has 0 radical (unpaired) electrons. The van der Waals surface area contributed by atoms with Crippen molar-refractivity contribution < 1.29 is 4.79 Å². The van der Waals surface area contributed by atoms with Crippen molar-refractivity contribution in [1.29, 1.82) is 0 Å². The maximum absolute atomic E-state index is 12.5. The Morgan fingerprint density at radius 3 is 2.52 bits per heavy atom. The molecular weight excluding hydrogens is 361 g/mol. The van der Waals surface area contributed by atoms with Crippen LogP contribution in [0.5, 0.6) is 0 Å². The molecule has 1 saturated heterocycles. The predicted octanol–water partition coefficient (Wildman–Crippen LogP) is 2.93. The summed E-state index contributed by atoms with van der Waals surface area (Å²) < 4.78 is 0. The topological polar surface area (TPSA) is 61.4 Å². The van der Waals surface area contributed by atoms with E-state index < -0.39 is 0 Å². The average Bonchev–Trinajstić information content (AvgIpc) is 2.65. The fourth-order valence-electron chi connectivity index (χ4n) is 2.76. The van der Waals surface area contributed by atoms with Crippen LogP contribution in [0.25, 0.3) is 0 Å².